The third-order valence-corrected chi connectivity index (χ3v) is 6.24. The van der Waals surface area contributed by atoms with Crippen LogP contribution in [0.3, 0.4) is 0 Å². The summed E-state index contributed by atoms with van der Waals surface area (Å²) in [6.07, 6.45) is 3.73. The lowest BCUT2D eigenvalue weighted by Gasteiger charge is -2.29. The van der Waals surface area contributed by atoms with Crippen LogP contribution in [0.5, 0.6) is 0 Å². The minimum Gasteiger partial charge on any atom is -0.455 e. The topological polar surface area (TPSA) is 39.9 Å². The van der Waals surface area contributed by atoms with E-state index in [0.717, 1.165) is 50.9 Å². The zero-order valence-electron chi connectivity index (χ0n) is 14.9. The van der Waals surface area contributed by atoms with Crippen LogP contribution in [-0.4, -0.2) is 66.4 Å². The van der Waals surface area contributed by atoms with Crippen LogP contribution in [0.25, 0.3) is 0 Å². The van der Waals surface area contributed by atoms with Gasteiger partial charge in [-0.15, -0.1) is 0 Å². The molecule has 0 bridgehead atoms. The molecule has 5 heteroatoms. The van der Waals surface area contributed by atoms with Gasteiger partial charge in [0.05, 0.1) is 6.54 Å². The molecule has 24 heavy (non-hydrogen) atoms. The maximum atomic E-state index is 12.7. The zero-order valence-corrected chi connectivity index (χ0v) is 14.9. The summed E-state index contributed by atoms with van der Waals surface area (Å²) in [5.74, 6) is 2.98. The Hall–Kier alpha value is -1.33. The minimum absolute atomic E-state index is 0.0660. The van der Waals surface area contributed by atoms with Gasteiger partial charge in [0.25, 0.3) is 5.91 Å². The highest BCUT2D eigenvalue weighted by molar-refractivity contribution is 5.91. The van der Waals surface area contributed by atoms with E-state index in [1.807, 2.05) is 17.0 Å². The minimum atomic E-state index is 0.0660. The first-order valence-electron chi connectivity index (χ1n) is 9.40. The third kappa shape index (κ3) is 3.11. The van der Waals surface area contributed by atoms with Crippen LogP contribution in [0.4, 0.5) is 0 Å². The van der Waals surface area contributed by atoms with Crippen LogP contribution in [-0.2, 0) is 6.54 Å². The standard InChI is InChI=1S/C19H29N3O2/c1-14-5-9-21(10-6-14)12-16-3-4-18(24-16)19(23)22-11-15-7-8-20(2)17(15)13-22/h3-4,14-15,17H,5-13H2,1-2H3/t15-,17+/m1/s1. The van der Waals surface area contributed by atoms with Crippen molar-refractivity contribution in [1.82, 2.24) is 14.7 Å². The van der Waals surface area contributed by atoms with Gasteiger partial charge >= 0.3 is 0 Å². The monoisotopic (exact) mass is 331 g/mol. The highest BCUT2D eigenvalue weighted by atomic mass is 16.4. The van der Waals surface area contributed by atoms with Crippen LogP contribution in [0, 0.1) is 11.8 Å². The molecule has 3 fully saturated rings. The molecule has 0 aliphatic carbocycles. The number of carbonyl (C=O) groups excluding carboxylic acids is 1. The SMILES string of the molecule is CC1CCN(Cc2ccc(C(=O)N3C[C@H]4CCN(C)[C@H]4C3)o2)CC1. The average Bonchev–Trinajstić information content (AvgIpc) is 3.27. The predicted molar refractivity (Wildman–Crippen MR) is 92.8 cm³/mol. The van der Waals surface area contributed by atoms with Crippen LogP contribution in [0.15, 0.2) is 16.5 Å². The van der Waals surface area contributed by atoms with Gasteiger partial charge in [-0.05, 0) is 69.9 Å². The van der Waals surface area contributed by atoms with Gasteiger partial charge in [-0.2, -0.15) is 0 Å². The summed E-state index contributed by atoms with van der Waals surface area (Å²) in [5.41, 5.74) is 0. The summed E-state index contributed by atoms with van der Waals surface area (Å²) in [5, 5.41) is 0. The van der Waals surface area contributed by atoms with Gasteiger partial charge in [0.15, 0.2) is 5.76 Å². The number of fused-ring (bicyclic) bond motifs is 1. The van der Waals surface area contributed by atoms with E-state index in [-0.39, 0.29) is 5.91 Å². The molecule has 5 nitrogen and oxygen atoms in total. The largest absolute Gasteiger partial charge is 0.455 e. The fraction of sp³-hybridized carbons (Fsp3) is 0.737. The summed E-state index contributed by atoms with van der Waals surface area (Å²) >= 11 is 0. The molecule has 132 valence electrons. The van der Waals surface area contributed by atoms with E-state index in [1.54, 1.807) is 0 Å². The van der Waals surface area contributed by atoms with E-state index in [4.69, 9.17) is 4.42 Å². The summed E-state index contributed by atoms with van der Waals surface area (Å²) in [6.45, 7) is 8.31. The number of amides is 1. The van der Waals surface area contributed by atoms with Crippen LogP contribution in [0.2, 0.25) is 0 Å². The Bertz CT molecular complexity index is 591. The van der Waals surface area contributed by atoms with Crippen molar-refractivity contribution in [3.63, 3.8) is 0 Å². The molecule has 0 radical (unpaired) electrons. The highest BCUT2D eigenvalue weighted by Gasteiger charge is 2.41. The van der Waals surface area contributed by atoms with E-state index in [9.17, 15) is 4.79 Å². The molecule has 2 atom stereocenters. The van der Waals surface area contributed by atoms with Gasteiger partial charge in [-0.25, -0.2) is 0 Å². The fourth-order valence-corrected chi connectivity index (χ4v) is 4.51. The molecule has 1 aromatic rings. The molecule has 0 unspecified atom stereocenters. The zero-order chi connectivity index (χ0) is 16.7. The van der Waals surface area contributed by atoms with Crippen molar-refractivity contribution >= 4 is 5.91 Å². The van der Waals surface area contributed by atoms with Crippen molar-refractivity contribution in [2.24, 2.45) is 11.8 Å². The van der Waals surface area contributed by atoms with E-state index >= 15 is 0 Å². The first kappa shape index (κ1) is 16.2. The molecule has 0 saturated carbocycles. The lowest BCUT2D eigenvalue weighted by molar-refractivity contribution is 0.0738. The van der Waals surface area contributed by atoms with Crippen LogP contribution >= 0.6 is 0 Å². The Kier molecular flexibility index (Phi) is 4.39. The number of furan rings is 1. The Balaban J connectivity index is 1.35. The van der Waals surface area contributed by atoms with Gasteiger partial charge < -0.3 is 14.2 Å². The molecule has 0 spiro atoms. The number of nitrogens with zero attached hydrogens (tertiary/aromatic N) is 3. The number of hydrogen-bond donors (Lipinski definition) is 0. The number of hydrogen-bond acceptors (Lipinski definition) is 4. The Morgan fingerprint density at radius 3 is 2.71 bits per heavy atom. The van der Waals surface area contributed by atoms with Crippen molar-refractivity contribution in [2.75, 3.05) is 39.8 Å². The summed E-state index contributed by atoms with van der Waals surface area (Å²) < 4.78 is 5.89. The number of piperidine rings is 1. The van der Waals surface area contributed by atoms with Crippen molar-refractivity contribution in [3.8, 4) is 0 Å². The molecule has 0 N–H and O–H groups in total. The molecule has 1 aromatic heterocycles. The van der Waals surface area contributed by atoms with Crippen molar-refractivity contribution in [1.29, 1.82) is 0 Å². The lowest BCUT2D eigenvalue weighted by atomic mass is 9.99. The van der Waals surface area contributed by atoms with E-state index < -0.39 is 0 Å². The number of carbonyl (C=O) groups is 1. The second-order valence-corrected chi connectivity index (χ2v) is 8.03. The highest BCUT2D eigenvalue weighted by Crippen LogP contribution is 2.31. The Morgan fingerprint density at radius 2 is 1.96 bits per heavy atom. The van der Waals surface area contributed by atoms with Crippen molar-refractivity contribution in [3.05, 3.63) is 23.7 Å². The molecule has 4 rings (SSSR count). The summed E-state index contributed by atoms with van der Waals surface area (Å²) in [4.78, 5) is 19.5. The van der Waals surface area contributed by atoms with Gasteiger partial charge in [0, 0.05) is 19.1 Å². The second kappa shape index (κ2) is 6.52. The summed E-state index contributed by atoms with van der Waals surface area (Å²) in [7, 11) is 2.17. The Labute approximate surface area is 144 Å². The van der Waals surface area contributed by atoms with Crippen LogP contribution < -0.4 is 0 Å². The average molecular weight is 331 g/mol. The fourth-order valence-electron chi connectivity index (χ4n) is 4.51. The smallest absolute Gasteiger partial charge is 0.289 e. The first-order valence-corrected chi connectivity index (χ1v) is 9.40. The predicted octanol–water partition coefficient (Wildman–Crippen LogP) is 2.29. The number of likely N-dealkylation sites (N-methyl/N-ethyl adjacent to an activating group) is 1. The Morgan fingerprint density at radius 1 is 1.17 bits per heavy atom. The maximum Gasteiger partial charge on any atom is 0.289 e. The maximum absolute atomic E-state index is 12.7. The van der Waals surface area contributed by atoms with Gasteiger partial charge in [0.2, 0.25) is 0 Å². The quantitative estimate of drug-likeness (QED) is 0.852. The normalized spacial score (nSPS) is 29.3. The second-order valence-electron chi connectivity index (χ2n) is 8.03. The van der Waals surface area contributed by atoms with Crippen LogP contribution in [0.1, 0.15) is 42.5 Å². The molecule has 3 saturated heterocycles. The van der Waals surface area contributed by atoms with E-state index in [0.29, 0.717) is 17.7 Å². The third-order valence-electron chi connectivity index (χ3n) is 6.24. The molecule has 1 amide bonds. The molecular weight excluding hydrogens is 302 g/mol. The molecular formula is C19H29N3O2. The van der Waals surface area contributed by atoms with E-state index in [1.165, 1.54) is 19.3 Å². The molecule has 3 aliphatic rings. The van der Waals surface area contributed by atoms with Crippen molar-refractivity contribution < 1.29 is 9.21 Å². The molecule has 0 aromatic carbocycles. The number of likely N-dealkylation sites (tertiary alicyclic amines) is 3. The summed E-state index contributed by atoms with van der Waals surface area (Å²) in [6, 6.07) is 4.38. The molecule has 4 heterocycles. The van der Waals surface area contributed by atoms with E-state index in [2.05, 4.69) is 23.8 Å². The van der Waals surface area contributed by atoms with Crippen molar-refractivity contribution in [2.45, 2.75) is 38.8 Å². The lowest BCUT2D eigenvalue weighted by Crippen LogP contribution is -2.35. The number of rotatable bonds is 3. The molecule has 3 aliphatic heterocycles. The van der Waals surface area contributed by atoms with Gasteiger partial charge in [0.1, 0.15) is 5.76 Å². The first-order chi connectivity index (χ1) is 11.6. The van der Waals surface area contributed by atoms with Gasteiger partial charge in [-0.3, -0.25) is 9.69 Å². The van der Waals surface area contributed by atoms with Gasteiger partial charge in [-0.1, -0.05) is 6.92 Å².